The van der Waals surface area contributed by atoms with Gasteiger partial charge in [0.25, 0.3) is 0 Å². The number of anilines is 2. The van der Waals surface area contributed by atoms with Crippen molar-refractivity contribution in [2.75, 3.05) is 43.6 Å². The first-order chi connectivity index (χ1) is 8.20. The maximum absolute atomic E-state index is 8.95. The van der Waals surface area contributed by atoms with E-state index in [0.29, 0.717) is 5.92 Å². The zero-order valence-corrected chi connectivity index (χ0v) is 10.5. The van der Waals surface area contributed by atoms with Gasteiger partial charge in [-0.15, -0.1) is 0 Å². The minimum absolute atomic E-state index is 0.283. The molecular weight excluding hydrogens is 216 g/mol. The van der Waals surface area contributed by atoms with Crippen molar-refractivity contribution < 1.29 is 5.11 Å². The van der Waals surface area contributed by atoms with Crippen LogP contribution in [0.15, 0.2) is 12.4 Å². The van der Waals surface area contributed by atoms with Crippen molar-refractivity contribution in [1.82, 2.24) is 9.97 Å². The Hall–Kier alpha value is -1.36. The summed E-state index contributed by atoms with van der Waals surface area (Å²) in [5.74, 6) is 2.52. The molecule has 2 heterocycles. The van der Waals surface area contributed by atoms with Gasteiger partial charge in [-0.3, -0.25) is 0 Å². The SMILES string of the molecule is CN(C)c1cc(N2CCC(CCO)C2)ncn1. The van der Waals surface area contributed by atoms with E-state index >= 15 is 0 Å². The highest BCUT2D eigenvalue weighted by molar-refractivity contribution is 5.49. The summed E-state index contributed by atoms with van der Waals surface area (Å²) < 4.78 is 0. The van der Waals surface area contributed by atoms with Gasteiger partial charge in [-0.1, -0.05) is 0 Å². The predicted molar refractivity (Wildman–Crippen MR) is 68.4 cm³/mol. The fraction of sp³-hybridized carbons (Fsp3) is 0.667. The topological polar surface area (TPSA) is 52.5 Å². The van der Waals surface area contributed by atoms with Gasteiger partial charge in [0.05, 0.1) is 0 Å². The smallest absolute Gasteiger partial charge is 0.134 e. The van der Waals surface area contributed by atoms with Crippen molar-refractivity contribution in [2.45, 2.75) is 12.8 Å². The van der Waals surface area contributed by atoms with Gasteiger partial charge in [-0.25, -0.2) is 9.97 Å². The Kier molecular flexibility index (Phi) is 3.78. The molecule has 5 nitrogen and oxygen atoms in total. The van der Waals surface area contributed by atoms with Crippen LogP contribution in [-0.2, 0) is 0 Å². The Morgan fingerprint density at radius 2 is 2.29 bits per heavy atom. The molecule has 0 saturated carbocycles. The molecule has 2 rings (SSSR count). The van der Waals surface area contributed by atoms with Gasteiger partial charge in [-0.05, 0) is 18.8 Å². The first-order valence-corrected chi connectivity index (χ1v) is 6.06. The molecule has 1 aliphatic heterocycles. The second-order valence-electron chi connectivity index (χ2n) is 4.74. The van der Waals surface area contributed by atoms with Crippen molar-refractivity contribution >= 4 is 11.6 Å². The third-order valence-electron chi connectivity index (χ3n) is 3.24. The number of nitrogens with zero attached hydrogens (tertiary/aromatic N) is 4. The van der Waals surface area contributed by atoms with Crippen LogP contribution in [0, 0.1) is 5.92 Å². The number of rotatable bonds is 4. The van der Waals surface area contributed by atoms with Gasteiger partial charge in [0.2, 0.25) is 0 Å². The average Bonchev–Trinajstić information content (AvgIpc) is 2.78. The lowest BCUT2D eigenvalue weighted by Crippen LogP contribution is -2.22. The Morgan fingerprint density at radius 1 is 1.47 bits per heavy atom. The normalized spacial score (nSPS) is 19.7. The number of hydrogen-bond donors (Lipinski definition) is 1. The van der Waals surface area contributed by atoms with Gasteiger partial charge in [0.1, 0.15) is 18.0 Å². The molecule has 1 atom stereocenters. The molecule has 1 aliphatic rings. The van der Waals surface area contributed by atoms with Gasteiger partial charge in [0.15, 0.2) is 0 Å². The summed E-state index contributed by atoms with van der Waals surface area (Å²) in [6.07, 6.45) is 3.65. The molecule has 1 saturated heterocycles. The molecule has 0 bridgehead atoms. The zero-order chi connectivity index (χ0) is 12.3. The highest BCUT2D eigenvalue weighted by atomic mass is 16.3. The molecule has 5 heteroatoms. The molecule has 1 N–H and O–H groups in total. The molecule has 1 unspecified atom stereocenters. The van der Waals surface area contributed by atoms with Crippen LogP contribution in [0.2, 0.25) is 0 Å². The molecular formula is C12H20N4O. The third-order valence-corrected chi connectivity index (χ3v) is 3.24. The van der Waals surface area contributed by atoms with Crippen molar-refractivity contribution in [2.24, 2.45) is 5.92 Å². The van der Waals surface area contributed by atoms with Crippen LogP contribution in [0.4, 0.5) is 11.6 Å². The van der Waals surface area contributed by atoms with E-state index in [-0.39, 0.29) is 6.61 Å². The number of hydrogen-bond acceptors (Lipinski definition) is 5. The van der Waals surface area contributed by atoms with E-state index in [9.17, 15) is 0 Å². The van der Waals surface area contributed by atoms with Crippen LogP contribution >= 0.6 is 0 Å². The van der Waals surface area contributed by atoms with E-state index in [1.54, 1.807) is 6.33 Å². The fourth-order valence-corrected chi connectivity index (χ4v) is 2.21. The molecule has 94 valence electrons. The highest BCUT2D eigenvalue weighted by Gasteiger charge is 2.23. The van der Waals surface area contributed by atoms with Crippen molar-refractivity contribution in [3.05, 3.63) is 12.4 Å². The fourth-order valence-electron chi connectivity index (χ4n) is 2.21. The minimum Gasteiger partial charge on any atom is -0.396 e. The number of aromatic nitrogens is 2. The second kappa shape index (κ2) is 5.31. The Labute approximate surface area is 102 Å². The van der Waals surface area contributed by atoms with Crippen LogP contribution in [0.25, 0.3) is 0 Å². The summed E-state index contributed by atoms with van der Waals surface area (Å²) >= 11 is 0. The molecule has 1 fully saturated rings. The number of aliphatic hydroxyl groups is 1. The van der Waals surface area contributed by atoms with Gasteiger partial charge in [-0.2, -0.15) is 0 Å². The van der Waals surface area contributed by atoms with Gasteiger partial charge < -0.3 is 14.9 Å². The van der Waals surface area contributed by atoms with Gasteiger partial charge in [0, 0.05) is 39.9 Å². The molecule has 1 aromatic heterocycles. The molecule has 17 heavy (non-hydrogen) atoms. The molecule has 0 aromatic carbocycles. The molecule has 0 radical (unpaired) electrons. The molecule has 1 aromatic rings. The lowest BCUT2D eigenvalue weighted by Gasteiger charge is -2.19. The second-order valence-corrected chi connectivity index (χ2v) is 4.74. The summed E-state index contributed by atoms with van der Waals surface area (Å²) in [4.78, 5) is 12.8. The molecule has 0 spiro atoms. The van der Waals surface area contributed by atoms with E-state index in [1.165, 1.54) is 0 Å². The predicted octanol–water partition coefficient (Wildman–Crippen LogP) is 0.751. The van der Waals surface area contributed by atoms with E-state index in [0.717, 1.165) is 37.6 Å². The lowest BCUT2D eigenvalue weighted by atomic mass is 10.1. The zero-order valence-electron chi connectivity index (χ0n) is 10.5. The maximum atomic E-state index is 8.95. The molecule has 0 amide bonds. The first kappa shape index (κ1) is 12.1. The lowest BCUT2D eigenvalue weighted by molar-refractivity contribution is 0.263. The van der Waals surface area contributed by atoms with E-state index in [2.05, 4.69) is 14.9 Å². The monoisotopic (exact) mass is 236 g/mol. The Morgan fingerprint density at radius 3 is 3.00 bits per heavy atom. The van der Waals surface area contributed by atoms with Crippen molar-refractivity contribution in [3.63, 3.8) is 0 Å². The summed E-state index contributed by atoms with van der Waals surface area (Å²) in [5, 5.41) is 8.95. The summed E-state index contributed by atoms with van der Waals surface area (Å²) in [6, 6.07) is 2.02. The maximum Gasteiger partial charge on any atom is 0.134 e. The standard InChI is InChI=1S/C12H20N4O/c1-15(2)11-7-12(14-9-13-11)16-5-3-10(8-16)4-6-17/h7,9-10,17H,3-6,8H2,1-2H3. The summed E-state index contributed by atoms with van der Waals surface area (Å²) in [6.45, 7) is 2.30. The third kappa shape index (κ3) is 2.85. The first-order valence-electron chi connectivity index (χ1n) is 6.06. The van der Waals surface area contributed by atoms with Crippen molar-refractivity contribution in [1.29, 1.82) is 0 Å². The van der Waals surface area contributed by atoms with Crippen LogP contribution < -0.4 is 9.80 Å². The largest absolute Gasteiger partial charge is 0.396 e. The van der Waals surface area contributed by atoms with E-state index in [1.807, 2.05) is 25.1 Å². The van der Waals surface area contributed by atoms with Crippen molar-refractivity contribution in [3.8, 4) is 0 Å². The minimum atomic E-state index is 0.283. The Bertz CT molecular complexity index is 369. The Balaban J connectivity index is 2.05. The quantitative estimate of drug-likeness (QED) is 0.836. The van der Waals surface area contributed by atoms with E-state index in [4.69, 9.17) is 5.11 Å². The van der Waals surface area contributed by atoms with Crippen LogP contribution in [0.5, 0.6) is 0 Å². The van der Waals surface area contributed by atoms with Crippen LogP contribution in [-0.4, -0.2) is 48.9 Å². The summed E-state index contributed by atoms with van der Waals surface area (Å²) in [5.41, 5.74) is 0. The average molecular weight is 236 g/mol. The molecule has 0 aliphatic carbocycles. The summed E-state index contributed by atoms with van der Waals surface area (Å²) in [7, 11) is 3.95. The number of aliphatic hydroxyl groups excluding tert-OH is 1. The van der Waals surface area contributed by atoms with Gasteiger partial charge >= 0.3 is 0 Å². The highest BCUT2D eigenvalue weighted by Crippen LogP contribution is 2.25. The van der Waals surface area contributed by atoms with Crippen LogP contribution in [0.3, 0.4) is 0 Å². The van der Waals surface area contributed by atoms with Crippen LogP contribution in [0.1, 0.15) is 12.8 Å². The van der Waals surface area contributed by atoms with E-state index < -0.39 is 0 Å².